The first-order chi connectivity index (χ1) is 9.59. The first-order valence-corrected chi connectivity index (χ1v) is 8.88. The lowest BCUT2D eigenvalue weighted by molar-refractivity contribution is 0.134. The molecule has 1 aromatic rings. The molecule has 3 heterocycles. The molecule has 1 amide bonds. The van der Waals surface area contributed by atoms with Gasteiger partial charge in [0.1, 0.15) is 10.8 Å². The van der Waals surface area contributed by atoms with E-state index in [4.69, 9.17) is 4.74 Å². The lowest BCUT2D eigenvalue weighted by Gasteiger charge is -2.34. The minimum absolute atomic E-state index is 0.0970. The Hall–Kier alpha value is -1.12. The lowest BCUT2D eigenvalue weighted by atomic mass is 10.1. The largest absolute Gasteiger partial charge is 0.448 e. The van der Waals surface area contributed by atoms with Gasteiger partial charge in [0.15, 0.2) is 0 Å². The SMILES string of the molecule is O=C1OCCN1C1CCN(S(=O)(=O)c2cccs2)CC1. The zero-order chi connectivity index (χ0) is 14.2. The van der Waals surface area contributed by atoms with E-state index in [0.717, 1.165) is 0 Å². The Morgan fingerprint density at radius 2 is 2.00 bits per heavy atom. The molecule has 2 fully saturated rings. The Bertz CT molecular complexity index is 577. The molecule has 0 unspecified atom stereocenters. The van der Waals surface area contributed by atoms with Crippen molar-refractivity contribution in [3.8, 4) is 0 Å². The van der Waals surface area contributed by atoms with Crippen LogP contribution in [-0.4, -0.2) is 56.0 Å². The van der Waals surface area contributed by atoms with Gasteiger partial charge in [-0.2, -0.15) is 4.31 Å². The number of piperidine rings is 1. The summed E-state index contributed by atoms with van der Waals surface area (Å²) in [5, 5.41) is 1.76. The Kier molecular flexibility index (Phi) is 3.70. The quantitative estimate of drug-likeness (QED) is 0.844. The van der Waals surface area contributed by atoms with Crippen LogP contribution in [0.5, 0.6) is 0 Å². The van der Waals surface area contributed by atoms with Crippen molar-refractivity contribution in [2.24, 2.45) is 0 Å². The molecule has 6 nitrogen and oxygen atoms in total. The molecule has 2 aliphatic rings. The Balaban J connectivity index is 1.65. The van der Waals surface area contributed by atoms with E-state index in [1.165, 1.54) is 15.6 Å². The highest BCUT2D eigenvalue weighted by Gasteiger charge is 2.35. The highest BCUT2D eigenvalue weighted by molar-refractivity contribution is 7.91. The molecule has 8 heteroatoms. The third-order valence-corrected chi connectivity index (χ3v) is 7.02. The number of nitrogens with zero attached hydrogens (tertiary/aromatic N) is 2. The zero-order valence-electron chi connectivity index (χ0n) is 10.9. The fourth-order valence-electron chi connectivity index (χ4n) is 2.67. The van der Waals surface area contributed by atoms with Gasteiger partial charge in [0.05, 0.1) is 6.54 Å². The van der Waals surface area contributed by atoms with E-state index in [-0.39, 0.29) is 12.1 Å². The van der Waals surface area contributed by atoms with E-state index in [0.29, 0.717) is 43.3 Å². The smallest absolute Gasteiger partial charge is 0.410 e. The molecule has 1 aromatic heterocycles. The molecule has 0 aromatic carbocycles. The second-order valence-electron chi connectivity index (χ2n) is 4.88. The normalized spacial score (nSPS) is 22.2. The fourth-order valence-corrected chi connectivity index (χ4v) is 5.28. The summed E-state index contributed by atoms with van der Waals surface area (Å²) in [6.45, 7) is 1.96. The average Bonchev–Trinajstić information content (AvgIpc) is 3.10. The van der Waals surface area contributed by atoms with Crippen molar-refractivity contribution in [1.29, 1.82) is 0 Å². The van der Waals surface area contributed by atoms with Gasteiger partial charge in [-0.15, -0.1) is 11.3 Å². The predicted molar refractivity (Wildman–Crippen MR) is 74.2 cm³/mol. The van der Waals surface area contributed by atoms with Crippen LogP contribution in [0.2, 0.25) is 0 Å². The summed E-state index contributed by atoms with van der Waals surface area (Å²) in [7, 11) is -3.36. The van der Waals surface area contributed by atoms with Crippen molar-refractivity contribution in [3.63, 3.8) is 0 Å². The van der Waals surface area contributed by atoms with E-state index in [1.807, 2.05) is 0 Å². The van der Waals surface area contributed by atoms with Gasteiger partial charge in [0, 0.05) is 19.1 Å². The molecular weight excluding hydrogens is 300 g/mol. The number of amides is 1. The van der Waals surface area contributed by atoms with Crippen molar-refractivity contribution >= 4 is 27.5 Å². The number of hydrogen-bond donors (Lipinski definition) is 0. The number of rotatable bonds is 3. The summed E-state index contributed by atoms with van der Waals surface area (Å²) >= 11 is 1.24. The molecule has 0 atom stereocenters. The minimum Gasteiger partial charge on any atom is -0.448 e. The van der Waals surface area contributed by atoms with Crippen molar-refractivity contribution in [1.82, 2.24) is 9.21 Å². The fraction of sp³-hybridized carbons (Fsp3) is 0.583. The van der Waals surface area contributed by atoms with Crippen LogP contribution in [0.1, 0.15) is 12.8 Å². The molecule has 2 saturated heterocycles. The predicted octanol–water partition coefficient (Wildman–Crippen LogP) is 1.35. The maximum absolute atomic E-state index is 12.4. The van der Waals surface area contributed by atoms with Crippen LogP contribution in [0.3, 0.4) is 0 Å². The molecule has 2 aliphatic heterocycles. The van der Waals surface area contributed by atoms with Gasteiger partial charge in [-0.3, -0.25) is 0 Å². The minimum atomic E-state index is -3.36. The molecule has 0 radical (unpaired) electrons. The van der Waals surface area contributed by atoms with Gasteiger partial charge in [-0.25, -0.2) is 13.2 Å². The monoisotopic (exact) mass is 316 g/mol. The van der Waals surface area contributed by atoms with Crippen LogP contribution in [0.4, 0.5) is 4.79 Å². The number of ether oxygens (including phenoxy) is 1. The molecule has 0 saturated carbocycles. The van der Waals surface area contributed by atoms with Crippen molar-refractivity contribution < 1.29 is 17.9 Å². The first kappa shape index (κ1) is 13.8. The molecular formula is C12H16N2O4S2. The summed E-state index contributed by atoms with van der Waals surface area (Å²) in [6.07, 6.45) is 1.06. The van der Waals surface area contributed by atoms with Gasteiger partial charge in [-0.1, -0.05) is 6.07 Å². The topological polar surface area (TPSA) is 66.9 Å². The van der Waals surface area contributed by atoms with Gasteiger partial charge in [0.2, 0.25) is 0 Å². The summed E-state index contributed by atoms with van der Waals surface area (Å²) in [5.74, 6) is 0. The third kappa shape index (κ3) is 2.43. The van der Waals surface area contributed by atoms with E-state index in [1.54, 1.807) is 22.4 Å². The first-order valence-electron chi connectivity index (χ1n) is 6.56. The summed E-state index contributed by atoms with van der Waals surface area (Å²) in [6, 6.07) is 3.47. The van der Waals surface area contributed by atoms with Crippen LogP contribution >= 0.6 is 11.3 Å². The number of sulfonamides is 1. The van der Waals surface area contributed by atoms with Crippen LogP contribution < -0.4 is 0 Å². The lowest BCUT2D eigenvalue weighted by Crippen LogP contribution is -2.46. The zero-order valence-corrected chi connectivity index (χ0v) is 12.5. The molecule has 110 valence electrons. The van der Waals surface area contributed by atoms with E-state index in [9.17, 15) is 13.2 Å². The van der Waals surface area contributed by atoms with Gasteiger partial charge in [0.25, 0.3) is 10.0 Å². The average molecular weight is 316 g/mol. The van der Waals surface area contributed by atoms with Crippen LogP contribution in [0.15, 0.2) is 21.7 Å². The molecule has 0 spiro atoms. The van der Waals surface area contributed by atoms with Crippen LogP contribution in [0, 0.1) is 0 Å². The second kappa shape index (κ2) is 5.34. The molecule has 0 aliphatic carbocycles. The summed E-state index contributed by atoms with van der Waals surface area (Å²) in [4.78, 5) is 13.2. The van der Waals surface area contributed by atoms with Gasteiger partial charge < -0.3 is 9.64 Å². The maximum Gasteiger partial charge on any atom is 0.410 e. The number of hydrogen-bond acceptors (Lipinski definition) is 5. The molecule has 0 bridgehead atoms. The number of cyclic esters (lactones) is 1. The van der Waals surface area contributed by atoms with E-state index >= 15 is 0 Å². The standard InChI is InChI=1S/C12H16N2O4S2/c15-12-14(7-8-18-12)10-3-5-13(6-4-10)20(16,17)11-2-1-9-19-11/h1-2,9-10H,3-8H2. The van der Waals surface area contributed by atoms with Crippen molar-refractivity contribution in [2.75, 3.05) is 26.2 Å². The van der Waals surface area contributed by atoms with Gasteiger partial charge in [-0.05, 0) is 24.3 Å². The Morgan fingerprint density at radius 1 is 1.25 bits per heavy atom. The van der Waals surface area contributed by atoms with Crippen molar-refractivity contribution in [3.05, 3.63) is 17.5 Å². The Labute approximate surface area is 122 Å². The molecule has 3 rings (SSSR count). The highest BCUT2D eigenvalue weighted by Crippen LogP contribution is 2.26. The highest BCUT2D eigenvalue weighted by atomic mass is 32.2. The molecule has 20 heavy (non-hydrogen) atoms. The van der Waals surface area contributed by atoms with E-state index in [2.05, 4.69) is 0 Å². The van der Waals surface area contributed by atoms with Crippen molar-refractivity contribution in [2.45, 2.75) is 23.1 Å². The van der Waals surface area contributed by atoms with E-state index < -0.39 is 10.0 Å². The summed E-state index contributed by atoms with van der Waals surface area (Å²) in [5.41, 5.74) is 0. The second-order valence-corrected chi connectivity index (χ2v) is 7.99. The third-order valence-electron chi connectivity index (χ3n) is 3.75. The Morgan fingerprint density at radius 3 is 2.55 bits per heavy atom. The number of carbonyl (C=O) groups is 1. The van der Waals surface area contributed by atoms with Crippen LogP contribution in [-0.2, 0) is 14.8 Å². The number of carbonyl (C=O) groups excluding carboxylic acids is 1. The summed E-state index contributed by atoms with van der Waals surface area (Å²) < 4.78 is 31.6. The number of thiophene rings is 1. The van der Waals surface area contributed by atoms with Crippen LogP contribution in [0.25, 0.3) is 0 Å². The molecule has 0 N–H and O–H groups in total. The van der Waals surface area contributed by atoms with Gasteiger partial charge >= 0.3 is 6.09 Å². The maximum atomic E-state index is 12.4.